The van der Waals surface area contributed by atoms with Crippen LogP contribution in [-0.2, 0) is 29.2 Å². The number of nitrogens with one attached hydrogen (secondary N) is 1. The van der Waals surface area contributed by atoms with Crippen molar-refractivity contribution >= 4 is 28.8 Å². The van der Waals surface area contributed by atoms with Crippen LogP contribution in [0.25, 0.3) is 10.9 Å². The number of benzene rings is 1. The Balaban J connectivity index is 2.82. The normalized spacial score (nSPS) is 11.2. The summed E-state index contributed by atoms with van der Waals surface area (Å²) in [6.45, 7) is 4.85. The first-order valence-corrected chi connectivity index (χ1v) is 7.95. The Bertz CT molecular complexity index is 789. The van der Waals surface area contributed by atoms with Crippen molar-refractivity contribution in [1.82, 2.24) is 4.98 Å². The van der Waals surface area contributed by atoms with Crippen molar-refractivity contribution in [2.24, 2.45) is 0 Å². The molecule has 0 radical (unpaired) electrons. The molecule has 0 aliphatic carbocycles. The Kier molecular flexibility index (Phi) is 5.46. The molecule has 0 bridgehead atoms. The summed E-state index contributed by atoms with van der Waals surface area (Å²) in [4.78, 5) is 40.6. The number of H-pyrrole nitrogens is 1. The first kappa shape index (κ1) is 18.5. The van der Waals surface area contributed by atoms with E-state index in [2.05, 4.69) is 4.98 Å². The molecule has 0 unspecified atom stereocenters. The average Bonchev–Trinajstić information content (AvgIpc) is 3.00. The predicted octanol–water partition coefficient (Wildman–Crippen LogP) is 2.34. The van der Waals surface area contributed by atoms with Gasteiger partial charge in [0.2, 0.25) is 0 Å². The van der Waals surface area contributed by atoms with Crippen LogP contribution in [0.4, 0.5) is 0 Å². The van der Waals surface area contributed by atoms with Gasteiger partial charge in [-0.3, -0.25) is 9.59 Å². The third kappa shape index (κ3) is 3.09. The highest BCUT2D eigenvalue weighted by Crippen LogP contribution is 2.36. The summed E-state index contributed by atoms with van der Waals surface area (Å²) in [5.74, 6) is -2.27. The number of aromatic amines is 1. The van der Waals surface area contributed by atoms with E-state index in [9.17, 15) is 14.4 Å². The molecule has 1 aromatic carbocycles. The second-order valence-electron chi connectivity index (χ2n) is 5.48. The minimum Gasteiger partial charge on any atom is -0.465 e. The van der Waals surface area contributed by atoms with E-state index in [1.54, 1.807) is 38.1 Å². The molecule has 0 aliphatic rings. The maximum Gasteiger partial charge on any atom is 0.354 e. The van der Waals surface area contributed by atoms with Crippen molar-refractivity contribution in [2.45, 2.75) is 26.2 Å². The summed E-state index contributed by atoms with van der Waals surface area (Å²) in [5, 5.41) is 0.548. The van der Waals surface area contributed by atoms with Gasteiger partial charge in [-0.1, -0.05) is 18.2 Å². The van der Waals surface area contributed by atoms with Crippen LogP contribution in [0.15, 0.2) is 24.3 Å². The molecule has 25 heavy (non-hydrogen) atoms. The number of rotatable bonds is 6. The monoisotopic (exact) mass is 347 g/mol. The van der Waals surface area contributed by atoms with E-state index in [4.69, 9.17) is 14.2 Å². The molecule has 0 saturated heterocycles. The van der Waals surface area contributed by atoms with Crippen LogP contribution in [0.2, 0.25) is 0 Å². The molecule has 0 saturated carbocycles. The number of fused-ring (bicyclic) bond motifs is 1. The number of methoxy groups -OCH3 is 1. The number of carbonyl (C=O) groups excluding carboxylic acids is 3. The zero-order valence-corrected chi connectivity index (χ0v) is 14.7. The maximum absolute atomic E-state index is 12.7. The van der Waals surface area contributed by atoms with Crippen molar-refractivity contribution in [3.63, 3.8) is 0 Å². The Morgan fingerprint density at radius 3 is 2.12 bits per heavy atom. The standard InChI is InChI=1S/C18H21NO6/c1-5-24-16(21)18(3,17(22)25-6-2)13-11-9-7-8-10-12(11)19-14(13)15(20)23-4/h7-10,19H,5-6H2,1-4H3. The van der Waals surface area contributed by atoms with E-state index in [0.717, 1.165) is 0 Å². The molecule has 7 nitrogen and oxygen atoms in total. The van der Waals surface area contributed by atoms with Crippen LogP contribution in [0.1, 0.15) is 36.8 Å². The number of esters is 3. The molecule has 2 rings (SSSR count). The zero-order valence-electron chi connectivity index (χ0n) is 14.7. The van der Waals surface area contributed by atoms with Gasteiger partial charge in [-0.15, -0.1) is 0 Å². The van der Waals surface area contributed by atoms with E-state index >= 15 is 0 Å². The number of para-hydroxylation sites is 1. The molecule has 0 aliphatic heterocycles. The van der Waals surface area contributed by atoms with Crippen LogP contribution < -0.4 is 0 Å². The minimum atomic E-state index is -1.81. The van der Waals surface area contributed by atoms with Gasteiger partial charge in [-0.25, -0.2) is 4.79 Å². The fourth-order valence-electron chi connectivity index (χ4n) is 2.75. The zero-order chi connectivity index (χ0) is 18.6. The van der Waals surface area contributed by atoms with E-state index in [1.807, 2.05) is 0 Å². The number of ether oxygens (including phenoxy) is 3. The van der Waals surface area contributed by atoms with Gasteiger partial charge in [-0.2, -0.15) is 0 Å². The van der Waals surface area contributed by atoms with E-state index in [1.165, 1.54) is 14.0 Å². The highest BCUT2D eigenvalue weighted by atomic mass is 16.6. The Hall–Kier alpha value is -2.83. The van der Waals surface area contributed by atoms with Gasteiger partial charge in [-0.05, 0) is 26.8 Å². The summed E-state index contributed by atoms with van der Waals surface area (Å²) in [6.07, 6.45) is 0. The number of carbonyl (C=O) groups is 3. The summed E-state index contributed by atoms with van der Waals surface area (Å²) >= 11 is 0. The van der Waals surface area contributed by atoms with Gasteiger partial charge in [0.1, 0.15) is 5.69 Å². The molecular formula is C18H21NO6. The summed E-state index contributed by atoms with van der Waals surface area (Å²) in [7, 11) is 1.23. The highest BCUT2D eigenvalue weighted by molar-refractivity contribution is 6.13. The number of aromatic nitrogens is 1. The van der Waals surface area contributed by atoms with Gasteiger partial charge < -0.3 is 19.2 Å². The molecule has 2 aromatic rings. The van der Waals surface area contributed by atoms with Crippen molar-refractivity contribution in [3.05, 3.63) is 35.5 Å². The highest BCUT2D eigenvalue weighted by Gasteiger charge is 2.50. The van der Waals surface area contributed by atoms with Gasteiger partial charge >= 0.3 is 17.9 Å². The average molecular weight is 347 g/mol. The predicted molar refractivity (Wildman–Crippen MR) is 90.3 cm³/mol. The van der Waals surface area contributed by atoms with Crippen LogP contribution in [0, 0.1) is 0 Å². The van der Waals surface area contributed by atoms with Crippen molar-refractivity contribution in [3.8, 4) is 0 Å². The maximum atomic E-state index is 12.7. The molecule has 0 spiro atoms. The van der Waals surface area contributed by atoms with Crippen LogP contribution in [-0.4, -0.2) is 43.2 Å². The molecule has 1 aromatic heterocycles. The molecule has 0 atom stereocenters. The molecular weight excluding hydrogens is 326 g/mol. The van der Waals surface area contributed by atoms with E-state index in [0.29, 0.717) is 10.9 Å². The fourth-order valence-corrected chi connectivity index (χ4v) is 2.75. The molecule has 1 N–H and O–H groups in total. The van der Waals surface area contributed by atoms with Gasteiger partial charge in [0.15, 0.2) is 5.41 Å². The Labute approximate surface area is 145 Å². The lowest BCUT2D eigenvalue weighted by Gasteiger charge is -2.25. The SMILES string of the molecule is CCOC(=O)C(C)(C(=O)OCC)c1c(C(=O)OC)[nH]c2ccccc12. The van der Waals surface area contributed by atoms with E-state index < -0.39 is 23.3 Å². The van der Waals surface area contributed by atoms with Crippen LogP contribution in [0.5, 0.6) is 0 Å². The van der Waals surface area contributed by atoms with Crippen molar-refractivity contribution < 1.29 is 28.6 Å². The third-order valence-corrected chi connectivity index (χ3v) is 3.96. The number of hydrogen-bond acceptors (Lipinski definition) is 6. The topological polar surface area (TPSA) is 94.7 Å². The lowest BCUT2D eigenvalue weighted by molar-refractivity contribution is -0.163. The van der Waals surface area contributed by atoms with Gasteiger partial charge in [0.05, 0.1) is 20.3 Å². The van der Waals surface area contributed by atoms with Gasteiger partial charge in [0.25, 0.3) is 0 Å². The molecule has 134 valence electrons. The Morgan fingerprint density at radius 1 is 1.04 bits per heavy atom. The quantitative estimate of drug-likeness (QED) is 0.490. The smallest absolute Gasteiger partial charge is 0.354 e. The first-order chi connectivity index (χ1) is 11.9. The largest absolute Gasteiger partial charge is 0.465 e. The van der Waals surface area contributed by atoms with Crippen LogP contribution in [0.3, 0.4) is 0 Å². The number of hydrogen-bond donors (Lipinski definition) is 1. The van der Waals surface area contributed by atoms with Crippen LogP contribution >= 0.6 is 0 Å². The summed E-state index contributed by atoms with van der Waals surface area (Å²) in [5.41, 5.74) is -1.01. The molecule has 0 fully saturated rings. The minimum absolute atomic E-state index is 0.0207. The lowest BCUT2D eigenvalue weighted by atomic mass is 9.80. The van der Waals surface area contributed by atoms with Crippen molar-refractivity contribution in [1.29, 1.82) is 0 Å². The molecule has 7 heteroatoms. The lowest BCUT2D eigenvalue weighted by Crippen LogP contribution is -2.44. The third-order valence-electron chi connectivity index (χ3n) is 3.96. The molecule has 1 heterocycles. The van der Waals surface area contributed by atoms with Crippen molar-refractivity contribution in [2.75, 3.05) is 20.3 Å². The second kappa shape index (κ2) is 7.38. The fraction of sp³-hybridized carbons (Fsp3) is 0.389. The Morgan fingerprint density at radius 2 is 1.60 bits per heavy atom. The molecule has 0 amide bonds. The second-order valence-corrected chi connectivity index (χ2v) is 5.48. The first-order valence-electron chi connectivity index (χ1n) is 7.95. The van der Waals surface area contributed by atoms with Gasteiger partial charge in [0, 0.05) is 16.5 Å². The summed E-state index contributed by atoms with van der Waals surface area (Å²) in [6, 6.07) is 6.97. The summed E-state index contributed by atoms with van der Waals surface area (Å²) < 4.78 is 15.0. The van der Waals surface area contributed by atoms with E-state index in [-0.39, 0.29) is 24.5 Å².